The Hall–Kier alpha value is -3.90. The molecule has 6 nitrogen and oxygen atoms in total. The minimum Gasteiger partial charge on any atom is -0.441 e. The Morgan fingerprint density at radius 3 is 2.25 bits per heavy atom. The molecule has 0 bridgehead atoms. The molecule has 4 aromatic rings. The van der Waals surface area contributed by atoms with Crippen LogP contribution in [-0.2, 0) is 22.0 Å². The molecule has 7 heteroatoms. The molecular formula is C29H26ClN3O3. The molecule has 1 aromatic heterocycles. The standard InChI is InChI=1S/C29H26ClN3O3/c1-19(24-5-3-4-6-26(24)30)36-28(35)32-27-25(17-31-33(27)2)22-9-7-20(8-10-22)21-11-13-23(14-12-21)29(18-34)15-16-29/h3-14,17-19H,15-16H2,1-2H3,(H,32,35)/t19-/m1/s1. The molecule has 1 fully saturated rings. The SMILES string of the molecule is C[C@@H](OC(=O)Nc1c(-c2ccc(-c3ccc(C4(C=O)CC4)cc3)cc2)cnn1C)c1ccccc1Cl. The third-order valence-electron chi connectivity index (χ3n) is 6.79. The van der Waals surface area contributed by atoms with Crippen molar-refractivity contribution in [3.05, 3.63) is 95.1 Å². The Morgan fingerprint density at radius 1 is 1.03 bits per heavy atom. The minimum absolute atomic E-state index is 0.265. The fourth-order valence-corrected chi connectivity index (χ4v) is 4.69. The highest BCUT2D eigenvalue weighted by Crippen LogP contribution is 2.46. The average molecular weight is 500 g/mol. The van der Waals surface area contributed by atoms with Crippen molar-refractivity contribution in [2.75, 3.05) is 5.32 Å². The van der Waals surface area contributed by atoms with Gasteiger partial charge in [0, 0.05) is 23.2 Å². The first-order chi connectivity index (χ1) is 17.4. The van der Waals surface area contributed by atoms with Gasteiger partial charge in [-0.2, -0.15) is 5.10 Å². The zero-order valence-electron chi connectivity index (χ0n) is 20.1. The van der Waals surface area contributed by atoms with E-state index in [0.29, 0.717) is 10.8 Å². The summed E-state index contributed by atoms with van der Waals surface area (Å²) in [5, 5.41) is 7.69. The molecule has 1 N–H and O–H groups in total. The highest BCUT2D eigenvalue weighted by molar-refractivity contribution is 6.31. The summed E-state index contributed by atoms with van der Waals surface area (Å²) in [6, 6.07) is 23.5. The second-order valence-electron chi connectivity index (χ2n) is 9.15. The van der Waals surface area contributed by atoms with Gasteiger partial charge in [0.05, 0.1) is 11.6 Å². The molecule has 0 aliphatic heterocycles. The number of benzene rings is 3. The van der Waals surface area contributed by atoms with Crippen LogP contribution in [0.5, 0.6) is 0 Å². The predicted molar refractivity (Wildman–Crippen MR) is 141 cm³/mol. The van der Waals surface area contributed by atoms with Gasteiger partial charge in [0.15, 0.2) is 0 Å². The summed E-state index contributed by atoms with van der Waals surface area (Å²) in [7, 11) is 1.76. The molecule has 1 aliphatic rings. The highest BCUT2D eigenvalue weighted by Gasteiger charge is 2.44. The summed E-state index contributed by atoms with van der Waals surface area (Å²) < 4.78 is 7.16. The maximum absolute atomic E-state index is 12.7. The number of rotatable bonds is 7. The number of nitrogens with one attached hydrogen (secondary N) is 1. The maximum atomic E-state index is 12.7. The normalized spacial score (nSPS) is 14.6. The number of aryl methyl sites for hydroxylation is 1. The molecular weight excluding hydrogens is 474 g/mol. The monoisotopic (exact) mass is 499 g/mol. The van der Waals surface area contributed by atoms with E-state index in [9.17, 15) is 9.59 Å². The Labute approximate surface area is 214 Å². The van der Waals surface area contributed by atoms with E-state index in [1.54, 1.807) is 30.9 Å². The Bertz CT molecular complexity index is 1410. The van der Waals surface area contributed by atoms with Crippen LogP contribution in [0.3, 0.4) is 0 Å². The van der Waals surface area contributed by atoms with Crippen molar-refractivity contribution < 1.29 is 14.3 Å². The van der Waals surface area contributed by atoms with E-state index >= 15 is 0 Å². The van der Waals surface area contributed by atoms with Crippen molar-refractivity contribution in [2.24, 2.45) is 7.05 Å². The molecule has 0 unspecified atom stereocenters. The van der Waals surface area contributed by atoms with E-state index < -0.39 is 12.2 Å². The number of aldehydes is 1. The van der Waals surface area contributed by atoms with Crippen molar-refractivity contribution in [1.29, 1.82) is 0 Å². The van der Waals surface area contributed by atoms with Gasteiger partial charge in [-0.05, 0) is 48.1 Å². The molecule has 0 radical (unpaired) electrons. The minimum atomic E-state index is -0.590. The van der Waals surface area contributed by atoms with Gasteiger partial charge in [-0.25, -0.2) is 4.79 Å². The number of ether oxygens (including phenoxy) is 1. The van der Waals surface area contributed by atoms with Gasteiger partial charge >= 0.3 is 6.09 Å². The zero-order chi connectivity index (χ0) is 25.3. The van der Waals surface area contributed by atoms with Crippen molar-refractivity contribution in [3.8, 4) is 22.3 Å². The Kier molecular flexibility index (Phi) is 6.37. The van der Waals surface area contributed by atoms with Gasteiger partial charge in [0.25, 0.3) is 0 Å². The van der Waals surface area contributed by atoms with Gasteiger partial charge in [0.1, 0.15) is 18.2 Å². The number of nitrogens with zero attached hydrogens (tertiary/aromatic N) is 2. The average Bonchev–Trinajstić information content (AvgIpc) is 3.62. The predicted octanol–water partition coefficient (Wildman–Crippen LogP) is 6.95. The number of aromatic nitrogens is 2. The number of amides is 1. The van der Waals surface area contributed by atoms with Gasteiger partial charge in [0.2, 0.25) is 0 Å². The van der Waals surface area contributed by atoms with Crippen LogP contribution in [0.25, 0.3) is 22.3 Å². The second-order valence-corrected chi connectivity index (χ2v) is 9.56. The lowest BCUT2D eigenvalue weighted by Crippen LogP contribution is -2.18. The summed E-state index contributed by atoms with van der Waals surface area (Å²) in [4.78, 5) is 24.1. The molecule has 0 saturated heterocycles. The van der Waals surface area contributed by atoms with E-state index in [-0.39, 0.29) is 5.41 Å². The second kappa shape index (κ2) is 9.63. The number of halogens is 1. The first kappa shape index (κ1) is 23.8. The van der Waals surface area contributed by atoms with E-state index in [1.807, 2.05) is 54.6 Å². The Balaban J connectivity index is 1.30. The quantitative estimate of drug-likeness (QED) is 0.279. The largest absolute Gasteiger partial charge is 0.441 e. The fraction of sp³-hybridized carbons (Fsp3) is 0.207. The van der Waals surface area contributed by atoms with Crippen molar-refractivity contribution in [2.45, 2.75) is 31.3 Å². The van der Waals surface area contributed by atoms with E-state index in [4.69, 9.17) is 16.3 Å². The highest BCUT2D eigenvalue weighted by atomic mass is 35.5. The van der Waals surface area contributed by atoms with E-state index in [1.165, 1.54) is 0 Å². The molecule has 36 heavy (non-hydrogen) atoms. The lowest BCUT2D eigenvalue weighted by molar-refractivity contribution is -0.109. The molecule has 1 amide bonds. The number of carbonyl (C=O) groups is 2. The van der Waals surface area contributed by atoms with Crippen LogP contribution in [0.15, 0.2) is 79.0 Å². The molecule has 0 spiro atoms. The zero-order valence-corrected chi connectivity index (χ0v) is 20.8. The van der Waals surface area contributed by atoms with Crippen LogP contribution in [-0.4, -0.2) is 22.2 Å². The number of hydrogen-bond donors (Lipinski definition) is 1. The maximum Gasteiger partial charge on any atom is 0.413 e. The topological polar surface area (TPSA) is 73.2 Å². The van der Waals surface area contributed by atoms with E-state index in [2.05, 4.69) is 22.5 Å². The van der Waals surface area contributed by atoms with Crippen molar-refractivity contribution in [1.82, 2.24) is 9.78 Å². The van der Waals surface area contributed by atoms with Crippen LogP contribution >= 0.6 is 11.6 Å². The Morgan fingerprint density at radius 2 is 1.64 bits per heavy atom. The molecule has 1 saturated carbocycles. The molecule has 1 heterocycles. The third-order valence-corrected chi connectivity index (χ3v) is 7.13. The summed E-state index contributed by atoms with van der Waals surface area (Å²) in [5.41, 5.74) is 5.39. The third kappa shape index (κ3) is 4.64. The molecule has 182 valence electrons. The molecule has 1 atom stereocenters. The smallest absolute Gasteiger partial charge is 0.413 e. The molecule has 3 aromatic carbocycles. The van der Waals surface area contributed by atoms with Crippen LogP contribution in [0.1, 0.15) is 37.0 Å². The van der Waals surface area contributed by atoms with Crippen molar-refractivity contribution in [3.63, 3.8) is 0 Å². The van der Waals surface area contributed by atoms with Gasteiger partial charge in [-0.3, -0.25) is 10.00 Å². The van der Waals surface area contributed by atoms with Gasteiger partial charge in [-0.1, -0.05) is 78.3 Å². The van der Waals surface area contributed by atoms with Gasteiger partial charge in [-0.15, -0.1) is 0 Å². The van der Waals surface area contributed by atoms with Crippen LogP contribution in [0.4, 0.5) is 10.6 Å². The summed E-state index contributed by atoms with van der Waals surface area (Å²) in [6.45, 7) is 1.78. The number of carbonyl (C=O) groups excluding carboxylic acids is 2. The van der Waals surface area contributed by atoms with Gasteiger partial charge < -0.3 is 9.53 Å². The van der Waals surface area contributed by atoms with Crippen molar-refractivity contribution >= 4 is 29.8 Å². The van der Waals surface area contributed by atoms with Crippen LogP contribution in [0, 0.1) is 0 Å². The van der Waals surface area contributed by atoms with Crippen LogP contribution in [0.2, 0.25) is 5.02 Å². The van der Waals surface area contributed by atoms with Crippen LogP contribution < -0.4 is 5.32 Å². The summed E-state index contributed by atoms with van der Waals surface area (Å²) in [5.74, 6) is 0.534. The van der Waals surface area contributed by atoms with E-state index in [0.717, 1.165) is 52.5 Å². The lowest BCUT2D eigenvalue weighted by Gasteiger charge is -2.16. The molecule has 5 rings (SSSR count). The lowest BCUT2D eigenvalue weighted by atomic mass is 9.94. The number of hydrogen-bond acceptors (Lipinski definition) is 4. The summed E-state index contributed by atoms with van der Waals surface area (Å²) >= 11 is 6.23. The molecule has 1 aliphatic carbocycles. The fourth-order valence-electron chi connectivity index (χ4n) is 4.40. The first-order valence-electron chi connectivity index (χ1n) is 11.8. The summed E-state index contributed by atoms with van der Waals surface area (Å²) in [6.07, 6.45) is 3.54. The number of anilines is 1. The first-order valence-corrected chi connectivity index (χ1v) is 12.2.